The van der Waals surface area contributed by atoms with Crippen LogP contribution in [0.2, 0.25) is 0 Å². The van der Waals surface area contributed by atoms with E-state index in [9.17, 15) is 0 Å². The molecule has 256 valence electrons. The van der Waals surface area contributed by atoms with Gasteiger partial charge in [-0.25, -0.2) is 0 Å². The van der Waals surface area contributed by atoms with Crippen LogP contribution in [0.25, 0.3) is 66.1 Å². The molecule has 0 N–H and O–H groups in total. The van der Waals surface area contributed by atoms with Gasteiger partial charge in [0.15, 0.2) is 0 Å². The van der Waals surface area contributed by atoms with E-state index < -0.39 is 0 Å². The van der Waals surface area contributed by atoms with E-state index in [2.05, 4.69) is 216 Å². The minimum atomic E-state index is -0.0481. The molecule has 0 radical (unpaired) electrons. The highest BCUT2D eigenvalue weighted by Gasteiger charge is 2.36. The lowest BCUT2D eigenvalue weighted by Crippen LogP contribution is -2.14. The van der Waals surface area contributed by atoms with Gasteiger partial charge in [0, 0.05) is 55.4 Å². The summed E-state index contributed by atoms with van der Waals surface area (Å²) >= 11 is 0. The fraction of sp³-hybridized carbons (Fsp3) is 0.0588. The molecule has 2 aromatic heterocycles. The second-order valence-corrected chi connectivity index (χ2v) is 15.0. The molecule has 10 aromatic rings. The summed E-state index contributed by atoms with van der Waals surface area (Å²) in [6.07, 6.45) is 0. The quantitative estimate of drug-likeness (QED) is 0.175. The van der Waals surface area contributed by atoms with Crippen LogP contribution in [0, 0.1) is 0 Å². The van der Waals surface area contributed by atoms with E-state index in [0.717, 1.165) is 28.4 Å². The number of rotatable bonds is 5. The summed E-state index contributed by atoms with van der Waals surface area (Å²) in [5.74, 6) is 0. The normalized spacial score (nSPS) is 13.1. The smallest absolute Gasteiger partial charge is 0.0547 e. The van der Waals surface area contributed by atoms with Crippen LogP contribution in [0.5, 0.6) is 0 Å². The molecular formula is C51H37N3. The van der Waals surface area contributed by atoms with Crippen LogP contribution < -0.4 is 4.90 Å². The van der Waals surface area contributed by atoms with Gasteiger partial charge in [-0.1, -0.05) is 111 Å². The third-order valence-electron chi connectivity index (χ3n) is 11.7. The molecular weight excluding hydrogens is 655 g/mol. The van der Waals surface area contributed by atoms with Crippen molar-refractivity contribution < 1.29 is 0 Å². The molecule has 11 rings (SSSR count). The Morgan fingerprint density at radius 1 is 0.352 bits per heavy atom. The van der Waals surface area contributed by atoms with Gasteiger partial charge >= 0.3 is 0 Å². The van der Waals surface area contributed by atoms with E-state index in [1.807, 2.05) is 0 Å². The summed E-state index contributed by atoms with van der Waals surface area (Å²) in [6, 6.07) is 68.7. The van der Waals surface area contributed by atoms with Crippen molar-refractivity contribution >= 4 is 60.7 Å². The summed E-state index contributed by atoms with van der Waals surface area (Å²) < 4.78 is 4.81. The largest absolute Gasteiger partial charge is 0.311 e. The Morgan fingerprint density at radius 2 is 0.796 bits per heavy atom. The first kappa shape index (κ1) is 30.8. The summed E-state index contributed by atoms with van der Waals surface area (Å²) in [4.78, 5) is 2.34. The second kappa shape index (κ2) is 11.6. The van der Waals surface area contributed by atoms with Crippen LogP contribution in [-0.2, 0) is 5.41 Å². The molecule has 0 atom stereocenters. The number of hydrogen-bond donors (Lipinski definition) is 0. The second-order valence-electron chi connectivity index (χ2n) is 15.0. The Morgan fingerprint density at radius 3 is 1.37 bits per heavy atom. The molecule has 0 fully saturated rings. The van der Waals surface area contributed by atoms with Crippen LogP contribution in [0.1, 0.15) is 25.0 Å². The third kappa shape index (κ3) is 4.42. The first-order chi connectivity index (χ1) is 26.6. The SMILES string of the molecule is CC1(C)c2ccccc2-c2cc3c(cc21)c1ccccc1n3-c1ccc(N(c2ccccc2)c2ccc(-n3c4ccccc4c4ccccc43)cc2)cc1. The van der Waals surface area contributed by atoms with Gasteiger partial charge in [0.05, 0.1) is 22.1 Å². The maximum absolute atomic E-state index is 2.46. The fourth-order valence-corrected chi connectivity index (χ4v) is 9.17. The fourth-order valence-electron chi connectivity index (χ4n) is 9.17. The van der Waals surface area contributed by atoms with E-state index in [1.165, 1.54) is 65.9 Å². The van der Waals surface area contributed by atoms with Gasteiger partial charge in [-0.2, -0.15) is 0 Å². The van der Waals surface area contributed by atoms with Gasteiger partial charge < -0.3 is 14.0 Å². The van der Waals surface area contributed by atoms with E-state index in [0.29, 0.717) is 0 Å². The van der Waals surface area contributed by atoms with E-state index >= 15 is 0 Å². The summed E-state index contributed by atoms with van der Waals surface area (Å²) in [5.41, 5.74) is 15.9. The zero-order valence-corrected chi connectivity index (χ0v) is 30.2. The van der Waals surface area contributed by atoms with Crippen LogP contribution >= 0.6 is 0 Å². The zero-order chi connectivity index (χ0) is 36.0. The number of para-hydroxylation sites is 4. The lowest BCUT2D eigenvalue weighted by atomic mass is 9.82. The topological polar surface area (TPSA) is 13.1 Å². The summed E-state index contributed by atoms with van der Waals surface area (Å²) in [6.45, 7) is 4.72. The molecule has 0 aliphatic heterocycles. The van der Waals surface area contributed by atoms with Crippen molar-refractivity contribution in [2.24, 2.45) is 0 Å². The average Bonchev–Trinajstić information content (AvgIpc) is 3.81. The Hall–Kier alpha value is -6.84. The van der Waals surface area contributed by atoms with Gasteiger partial charge in [-0.3, -0.25) is 0 Å². The predicted molar refractivity (Wildman–Crippen MR) is 227 cm³/mol. The zero-order valence-electron chi connectivity index (χ0n) is 30.2. The monoisotopic (exact) mass is 691 g/mol. The van der Waals surface area contributed by atoms with Gasteiger partial charge in [-0.05, 0) is 113 Å². The first-order valence-electron chi connectivity index (χ1n) is 18.8. The molecule has 8 aromatic carbocycles. The Labute approximate surface area is 314 Å². The minimum Gasteiger partial charge on any atom is -0.311 e. The minimum absolute atomic E-state index is 0.0481. The molecule has 0 saturated heterocycles. The van der Waals surface area contributed by atoms with Crippen LogP contribution in [0.3, 0.4) is 0 Å². The van der Waals surface area contributed by atoms with Crippen molar-refractivity contribution in [3.8, 4) is 22.5 Å². The number of aromatic nitrogens is 2. The van der Waals surface area contributed by atoms with Crippen molar-refractivity contribution in [3.05, 3.63) is 199 Å². The Balaban J connectivity index is 1.03. The molecule has 0 saturated carbocycles. The van der Waals surface area contributed by atoms with Crippen molar-refractivity contribution in [3.63, 3.8) is 0 Å². The highest BCUT2D eigenvalue weighted by molar-refractivity contribution is 6.12. The van der Waals surface area contributed by atoms with Crippen molar-refractivity contribution in [1.82, 2.24) is 9.13 Å². The predicted octanol–water partition coefficient (Wildman–Crippen LogP) is 13.7. The molecule has 0 amide bonds. The summed E-state index contributed by atoms with van der Waals surface area (Å²) in [5, 5.41) is 5.11. The van der Waals surface area contributed by atoms with Crippen molar-refractivity contribution in [1.29, 1.82) is 0 Å². The van der Waals surface area contributed by atoms with Gasteiger partial charge in [0.2, 0.25) is 0 Å². The molecule has 54 heavy (non-hydrogen) atoms. The van der Waals surface area contributed by atoms with Crippen LogP contribution in [0.15, 0.2) is 188 Å². The first-order valence-corrected chi connectivity index (χ1v) is 18.8. The van der Waals surface area contributed by atoms with Gasteiger partial charge in [0.1, 0.15) is 0 Å². The van der Waals surface area contributed by atoms with Crippen molar-refractivity contribution in [2.75, 3.05) is 4.90 Å². The lowest BCUT2D eigenvalue weighted by molar-refractivity contribution is 0.661. The highest BCUT2D eigenvalue weighted by Crippen LogP contribution is 2.51. The maximum Gasteiger partial charge on any atom is 0.0547 e. The Bertz CT molecular complexity index is 3000. The van der Waals surface area contributed by atoms with E-state index in [-0.39, 0.29) is 5.41 Å². The standard InChI is InChI=1S/C51H37N3/c1-51(2)45-20-10-6-16-39(45)43-33-50-44(32-46(43)51)42-19-9-13-23-49(42)54(50)38-30-26-36(27-31-38)52(34-14-4-3-5-15-34)35-24-28-37(29-25-35)53-47-21-11-7-17-40(47)41-18-8-12-22-48(41)53/h3-33H,1-2H3. The lowest BCUT2D eigenvalue weighted by Gasteiger charge is -2.26. The molecule has 0 bridgehead atoms. The Kier molecular flexibility index (Phi) is 6.60. The van der Waals surface area contributed by atoms with Crippen LogP contribution in [0.4, 0.5) is 17.1 Å². The number of nitrogens with zero attached hydrogens (tertiary/aromatic N) is 3. The molecule has 1 aliphatic rings. The van der Waals surface area contributed by atoms with Gasteiger partial charge in [0.25, 0.3) is 0 Å². The van der Waals surface area contributed by atoms with E-state index in [4.69, 9.17) is 0 Å². The van der Waals surface area contributed by atoms with Gasteiger partial charge in [-0.15, -0.1) is 0 Å². The number of fused-ring (bicyclic) bond motifs is 9. The molecule has 3 heteroatoms. The number of hydrogen-bond acceptors (Lipinski definition) is 1. The van der Waals surface area contributed by atoms with Crippen molar-refractivity contribution in [2.45, 2.75) is 19.3 Å². The molecule has 0 spiro atoms. The highest BCUT2D eigenvalue weighted by atomic mass is 15.1. The van der Waals surface area contributed by atoms with Crippen LogP contribution in [-0.4, -0.2) is 9.13 Å². The van der Waals surface area contributed by atoms with E-state index in [1.54, 1.807) is 0 Å². The molecule has 0 unspecified atom stereocenters. The molecule has 2 heterocycles. The third-order valence-corrected chi connectivity index (χ3v) is 11.7. The molecule has 1 aliphatic carbocycles. The average molecular weight is 692 g/mol. The molecule has 3 nitrogen and oxygen atoms in total. The maximum atomic E-state index is 2.46. The summed E-state index contributed by atoms with van der Waals surface area (Å²) in [7, 11) is 0. The number of benzene rings is 8. The number of anilines is 3.